The van der Waals surface area contributed by atoms with Gasteiger partial charge in [0.25, 0.3) is 0 Å². The summed E-state index contributed by atoms with van der Waals surface area (Å²) < 4.78 is 11.7. The molecule has 0 spiro atoms. The Bertz CT molecular complexity index is 160. The van der Waals surface area contributed by atoms with Crippen LogP contribution in [0.1, 0.15) is 26.7 Å². The molecule has 0 fully saturated rings. The van der Waals surface area contributed by atoms with Crippen molar-refractivity contribution in [1.29, 1.82) is 0 Å². The normalized spacial score (nSPS) is 11.9. The molecule has 3 heteroatoms. The Balaban J connectivity index is 3.43. The summed E-state index contributed by atoms with van der Waals surface area (Å²) in [6, 6.07) is 0. The molecule has 1 atom stereocenters. The molecule has 1 unspecified atom stereocenters. The maximum absolute atomic E-state index is 5.48. The first-order chi connectivity index (χ1) is 6.35. The third-order valence-electron chi connectivity index (χ3n) is 1.45. The Morgan fingerprint density at radius 2 is 2.15 bits per heavy atom. The highest BCUT2D eigenvalue weighted by molar-refractivity contribution is 14.1. The van der Waals surface area contributed by atoms with Crippen LogP contribution >= 0.6 is 22.6 Å². The van der Waals surface area contributed by atoms with Crippen molar-refractivity contribution in [2.75, 3.05) is 17.6 Å². The molecular weight excluding hydrogens is 279 g/mol. The molecule has 13 heavy (non-hydrogen) atoms. The SMILES string of the molecule is CC#CCOC(CI)OCCCC. The van der Waals surface area contributed by atoms with Crippen LogP contribution in [-0.2, 0) is 9.47 Å². The zero-order valence-electron chi connectivity index (χ0n) is 8.31. The van der Waals surface area contributed by atoms with Crippen LogP contribution in [0.15, 0.2) is 0 Å². The first kappa shape index (κ1) is 13.2. The Hall–Kier alpha value is 0.210. The third kappa shape index (κ3) is 8.54. The Labute approximate surface area is 94.5 Å². The molecule has 0 amide bonds. The van der Waals surface area contributed by atoms with E-state index in [0.717, 1.165) is 23.9 Å². The highest BCUT2D eigenvalue weighted by Crippen LogP contribution is 2.01. The largest absolute Gasteiger partial charge is 0.352 e. The summed E-state index contributed by atoms with van der Waals surface area (Å²) in [4.78, 5) is 0. The second-order valence-corrected chi connectivity index (χ2v) is 3.43. The minimum Gasteiger partial charge on any atom is -0.352 e. The maximum atomic E-state index is 5.48. The van der Waals surface area contributed by atoms with Crippen LogP contribution in [0.2, 0.25) is 0 Å². The summed E-state index contributed by atoms with van der Waals surface area (Å²) >= 11 is 2.25. The lowest BCUT2D eigenvalue weighted by atomic mass is 10.4. The maximum Gasteiger partial charge on any atom is 0.167 e. The molecule has 2 nitrogen and oxygen atoms in total. The van der Waals surface area contributed by atoms with Gasteiger partial charge in [0.2, 0.25) is 0 Å². The van der Waals surface area contributed by atoms with E-state index in [4.69, 9.17) is 9.47 Å². The van der Waals surface area contributed by atoms with Gasteiger partial charge in [-0.05, 0) is 13.3 Å². The van der Waals surface area contributed by atoms with Gasteiger partial charge in [0, 0.05) is 6.61 Å². The quantitative estimate of drug-likeness (QED) is 0.236. The summed E-state index contributed by atoms with van der Waals surface area (Å²) in [6.45, 7) is 5.20. The van der Waals surface area contributed by atoms with E-state index in [1.807, 2.05) is 0 Å². The summed E-state index contributed by atoms with van der Waals surface area (Å²) in [7, 11) is 0. The lowest BCUT2D eigenvalue weighted by Gasteiger charge is -2.14. The third-order valence-corrected chi connectivity index (χ3v) is 2.16. The molecular formula is C10H17IO2. The fourth-order valence-electron chi connectivity index (χ4n) is 0.703. The van der Waals surface area contributed by atoms with Crippen molar-refractivity contribution in [2.24, 2.45) is 0 Å². The fourth-order valence-corrected chi connectivity index (χ4v) is 1.21. The minimum absolute atomic E-state index is 0.0898. The summed E-state index contributed by atoms with van der Waals surface area (Å²) in [6.07, 6.45) is 2.16. The van der Waals surface area contributed by atoms with Gasteiger partial charge >= 0.3 is 0 Å². The number of ether oxygens (including phenoxy) is 2. The molecule has 0 N–H and O–H groups in total. The number of rotatable bonds is 7. The van der Waals surface area contributed by atoms with Crippen molar-refractivity contribution in [3.63, 3.8) is 0 Å². The number of hydrogen-bond acceptors (Lipinski definition) is 2. The molecule has 0 aromatic heterocycles. The fraction of sp³-hybridized carbons (Fsp3) is 0.800. The highest BCUT2D eigenvalue weighted by Gasteiger charge is 2.05. The standard InChI is InChI=1S/C10H17IO2/c1-3-5-7-12-10(9-11)13-8-6-4-2/h10H,3,5,7-9H2,1-2H3. The van der Waals surface area contributed by atoms with E-state index in [0.29, 0.717) is 6.61 Å². The van der Waals surface area contributed by atoms with Gasteiger partial charge in [0.15, 0.2) is 6.29 Å². The van der Waals surface area contributed by atoms with Gasteiger partial charge in [-0.2, -0.15) is 0 Å². The van der Waals surface area contributed by atoms with E-state index < -0.39 is 0 Å². The number of alkyl halides is 1. The minimum atomic E-state index is -0.0898. The monoisotopic (exact) mass is 296 g/mol. The Morgan fingerprint density at radius 3 is 2.69 bits per heavy atom. The van der Waals surface area contributed by atoms with Crippen LogP contribution in [-0.4, -0.2) is 23.9 Å². The molecule has 0 aliphatic carbocycles. The van der Waals surface area contributed by atoms with E-state index in [1.54, 1.807) is 6.92 Å². The van der Waals surface area contributed by atoms with Crippen molar-refractivity contribution < 1.29 is 9.47 Å². The van der Waals surface area contributed by atoms with Gasteiger partial charge in [0.05, 0.1) is 4.43 Å². The van der Waals surface area contributed by atoms with Gasteiger partial charge in [0.1, 0.15) is 6.61 Å². The Kier molecular flexibility index (Phi) is 10.5. The van der Waals surface area contributed by atoms with Gasteiger partial charge in [-0.1, -0.05) is 41.9 Å². The average Bonchev–Trinajstić information content (AvgIpc) is 2.16. The van der Waals surface area contributed by atoms with Crippen molar-refractivity contribution in [3.8, 4) is 11.8 Å². The summed E-state index contributed by atoms with van der Waals surface area (Å²) in [5.74, 6) is 5.63. The van der Waals surface area contributed by atoms with E-state index >= 15 is 0 Å². The van der Waals surface area contributed by atoms with Crippen LogP contribution in [0.25, 0.3) is 0 Å². The lowest BCUT2D eigenvalue weighted by Crippen LogP contribution is -2.19. The molecule has 0 saturated carbocycles. The first-order valence-electron chi connectivity index (χ1n) is 4.53. The van der Waals surface area contributed by atoms with E-state index in [-0.39, 0.29) is 6.29 Å². The van der Waals surface area contributed by atoms with Gasteiger partial charge in [-0.25, -0.2) is 0 Å². The van der Waals surface area contributed by atoms with Gasteiger partial charge in [-0.3, -0.25) is 0 Å². The van der Waals surface area contributed by atoms with Crippen molar-refractivity contribution in [1.82, 2.24) is 0 Å². The van der Waals surface area contributed by atoms with Gasteiger partial charge in [-0.15, -0.1) is 5.92 Å². The lowest BCUT2D eigenvalue weighted by molar-refractivity contribution is -0.116. The number of halogens is 1. The molecule has 0 rings (SSSR count). The summed E-state index contributed by atoms with van der Waals surface area (Å²) in [5, 5.41) is 0. The van der Waals surface area contributed by atoms with Crippen LogP contribution in [0.5, 0.6) is 0 Å². The summed E-state index contributed by atoms with van der Waals surface area (Å²) in [5.41, 5.74) is 0. The molecule has 0 aliphatic rings. The second kappa shape index (κ2) is 10.3. The molecule has 0 heterocycles. The average molecular weight is 296 g/mol. The van der Waals surface area contributed by atoms with E-state index in [2.05, 4.69) is 41.4 Å². The smallest absolute Gasteiger partial charge is 0.167 e. The van der Waals surface area contributed by atoms with Crippen LogP contribution in [0.4, 0.5) is 0 Å². The van der Waals surface area contributed by atoms with Crippen molar-refractivity contribution in [2.45, 2.75) is 33.0 Å². The molecule has 0 bridgehead atoms. The van der Waals surface area contributed by atoms with Crippen LogP contribution in [0, 0.1) is 11.8 Å². The first-order valence-corrected chi connectivity index (χ1v) is 6.06. The number of unbranched alkanes of at least 4 members (excludes halogenated alkanes) is 1. The molecule has 0 aromatic carbocycles. The zero-order chi connectivity index (χ0) is 9.94. The van der Waals surface area contributed by atoms with Gasteiger partial charge < -0.3 is 9.47 Å². The highest BCUT2D eigenvalue weighted by atomic mass is 127. The topological polar surface area (TPSA) is 18.5 Å². The Morgan fingerprint density at radius 1 is 1.38 bits per heavy atom. The molecule has 76 valence electrons. The van der Waals surface area contributed by atoms with E-state index in [1.165, 1.54) is 0 Å². The molecule has 0 radical (unpaired) electrons. The van der Waals surface area contributed by atoms with Crippen LogP contribution < -0.4 is 0 Å². The van der Waals surface area contributed by atoms with E-state index in [9.17, 15) is 0 Å². The second-order valence-electron chi connectivity index (χ2n) is 2.55. The molecule has 0 aliphatic heterocycles. The van der Waals surface area contributed by atoms with Crippen molar-refractivity contribution in [3.05, 3.63) is 0 Å². The molecule has 0 saturated heterocycles. The van der Waals surface area contributed by atoms with Crippen LogP contribution in [0.3, 0.4) is 0 Å². The predicted molar refractivity (Wildman–Crippen MR) is 62.9 cm³/mol. The molecule has 0 aromatic rings. The predicted octanol–water partition coefficient (Wildman–Crippen LogP) is 2.60. The van der Waals surface area contributed by atoms with Crippen molar-refractivity contribution >= 4 is 22.6 Å². The number of hydrogen-bond donors (Lipinski definition) is 0. The zero-order valence-corrected chi connectivity index (χ0v) is 10.5.